The minimum absolute atomic E-state index is 0.0362. The summed E-state index contributed by atoms with van der Waals surface area (Å²) in [6, 6.07) is 12.0. The molecule has 0 aliphatic heterocycles. The number of ether oxygens (including phenoxy) is 1. The van der Waals surface area contributed by atoms with Gasteiger partial charge >= 0.3 is 0 Å². The first-order valence-corrected chi connectivity index (χ1v) is 10.1. The minimum Gasteiger partial charge on any atom is -0.491 e. The highest BCUT2D eigenvalue weighted by atomic mass is 32.2. The Labute approximate surface area is 159 Å². The summed E-state index contributed by atoms with van der Waals surface area (Å²) in [7, 11) is -3.59. The number of hydrogen-bond donors (Lipinski definition) is 1. The summed E-state index contributed by atoms with van der Waals surface area (Å²) in [4.78, 5) is 8.79. The Morgan fingerprint density at radius 2 is 1.85 bits per heavy atom. The van der Waals surface area contributed by atoms with Crippen LogP contribution in [0.1, 0.15) is 13.8 Å². The van der Waals surface area contributed by atoms with Gasteiger partial charge in [0.15, 0.2) is 5.82 Å². The van der Waals surface area contributed by atoms with E-state index in [0.717, 1.165) is 5.69 Å². The van der Waals surface area contributed by atoms with Gasteiger partial charge in [0.2, 0.25) is 10.0 Å². The maximum absolute atomic E-state index is 12.5. The van der Waals surface area contributed by atoms with E-state index in [4.69, 9.17) is 4.74 Å². The van der Waals surface area contributed by atoms with Crippen LogP contribution in [-0.2, 0) is 16.6 Å². The van der Waals surface area contributed by atoms with Crippen molar-refractivity contribution >= 4 is 10.0 Å². The van der Waals surface area contributed by atoms with E-state index in [1.54, 1.807) is 30.7 Å². The van der Waals surface area contributed by atoms with Gasteiger partial charge in [-0.25, -0.2) is 18.1 Å². The van der Waals surface area contributed by atoms with Crippen LogP contribution in [0.15, 0.2) is 66.0 Å². The zero-order valence-corrected chi connectivity index (χ0v) is 16.1. The number of pyridine rings is 1. The van der Waals surface area contributed by atoms with Crippen molar-refractivity contribution in [3.63, 3.8) is 0 Å². The summed E-state index contributed by atoms with van der Waals surface area (Å²) in [5.41, 5.74) is 0.742. The average molecular weight is 386 g/mol. The van der Waals surface area contributed by atoms with Gasteiger partial charge in [-0.2, -0.15) is 0 Å². The van der Waals surface area contributed by atoms with Gasteiger partial charge in [-0.1, -0.05) is 6.07 Å². The lowest BCUT2D eigenvalue weighted by molar-refractivity contribution is 0.242. The molecule has 142 valence electrons. The number of nitrogens with one attached hydrogen (secondary N) is 1. The second-order valence-electron chi connectivity index (χ2n) is 6.20. The number of aromatic nitrogens is 3. The van der Waals surface area contributed by atoms with Crippen molar-refractivity contribution < 1.29 is 13.2 Å². The van der Waals surface area contributed by atoms with E-state index in [2.05, 4.69) is 14.7 Å². The first-order chi connectivity index (χ1) is 13.0. The molecule has 0 aliphatic carbocycles. The van der Waals surface area contributed by atoms with Gasteiger partial charge in [0.05, 0.1) is 11.0 Å². The van der Waals surface area contributed by atoms with Crippen LogP contribution in [-0.4, -0.2) is 35.6 Å². The topological polar surface area (TPSA) is 86.1 Å². The second-order valence-corrected chi connectivity index (χ2v) is 7.96. The molecule has 0 bridgehead atoms. The molecule has 0 saturated carbocycles. The Balaban J connectivity index is 1.63. The smallest absolute Gasteiger partial charge is 0.240 e. The molecule has 1 N–H and O–H groups in total. The molecule has 1 aromatic carbocycles. The van der Waals surface area contributed by atoms with Gasteiger partial charge in [0, 0.05) is 31.7 Å². The third kappa shape index (κ3) is 4.93. The van der Waals surface area contributed by atoms with E-state index in [1.807, 2.05) is 36.6 Å². The van der Waals surface area contributed by atoms with Crippen LogP contribution in [0.2, 0.25) is 0 Å². The van der Waals surface area contributed by atoms with Gasteiger partial charge in [-0.3, -0.25) is 4.98 Å². The van der Waals surface area contributed by atoms with Crippen molar-refractivity contribution in [2.45, 2.75) is 31.4 Å². The number of sulfonamides is 1. The fourth-order valence-corrected chi connectivity index (χ4v) is 3.59. The molecular formula is C19H22N4O3S. The molecule has 2 aromatic heterocycles. The van der Waals surface area contributed by atoms with E-state index in [0.29, 0.717) is 18.1 Å². The molecule has 0 saturated heterocycles. The average Bonchev–Trinajstić information content (AvgIpc) is 3.11. The molecule has 27 heavy (non-hydrogen) atoms. The van der Waals surface area contributed by atoms with Crippen molar-refractivity contribution in [1.29, 1.82) is 0 Å². The number of rotatable bonds is 8. The standard InChI is InChI=1S/C19H22N4O3S/c1-15(2)26-16-6-8-17(9-7-16)27(24,25)22-12-14-23-13-11-21-19(23)18-5-3-4-10-20-18/h3-11,13,15,22H,12,14H2,1-2H3. The van der Waals surface area contributed by atoms with Crippen LogP contribution in [0.3, 0.4) is 0 Å². The second kappa shape index (κ2) is 8.32. The van der Waals surface area contributed by atoms with Crippen molar-refractivity contribution in [2.75, 3.05) is 6.54 Å². The lowest BCUT2D eigenvalue weighted by Gasteiger charge is -2.11. The summed E-state index contributed by atoms with van der Waals surface area (Å²) in [6.45, 7) is 4.52. The van der Waals surface area contributed by atoms with Crippen molar-refractivity contribution in [3.8, 4) is 17.3 Å². The lowest BCUT2D eigenvalue weighted by atomic mass is 10.3. The molecule has 0 amide bonds. The summed E-state index contributed by atoms with van der Waals surface area (Å²) in [5, 5.41) is 0. The Bertz CT molecular complexity index is 968. The molecule has 0 radical (unpaired) electrons. The zero-order chi connectivity index (χ0) is 19.3. The minimum atomic E-state index is -3.59. The molecular weight excluding hydrogens is 364 g/mol. The molecule has 0 atom stereocenters. The molecule has 3 rings (SSSR count). The molecule has 0 unspecified atom stereocenters. The van der Waals surface area contributed by atoms with Gasteiger partial charge in [0.25, 0.3) is 0 Å². The Morgan fingerprint density at radius 1 is 1.07 bits per heavy atom. The van der Waals surface area contributed by atoms with Gasteiger partial charge < -0.3 is 9.30 Å². The van der Waals surface area contributed by atoms with Crippen molar-refractivity contribution in [2.24, 2.45) is 0 Å². The van der Waals surface area contributed by atoms with Crippen molar-refractivity contribution in [1.82, 2.24) is 19.3 Å². The lowest BCUT2D eigenvalue weighted by Crippen LogP contribution is -2.27. The Kier molecular flexibility index (Phi) is 5.88. The molecule has 2 heterocycles. The Morgan fingerprint density at radius 3 is 2.52 bits per heavy atom. The SMILES string of the molecule is CC(C)Oc1ccc(S(=O)(=O)NCCn2ccnc2-c2ccccn2)cc1. The van der Waals surface area contributed by atoms with Crippen LogP contribution in [0, 0.1) is 0 Å². The van der Waals surface area contributed by atoms with Gasteiger partial charge in [0.1, 0.15) is 11.4 Å². The highest BCUT2D eigenvalue weighted by molar-refractivity contribution is 7.89. The van der Waals surface area contributed by atoms with Crippen LogP contribution in [0.5, 0.6) is 5.75 Å². The fourth-order valence-electron chi connectivity index (χ4n) is 2.57. The van der Waals surface area contributed by atoms with Crippen LogP contribution in [0.25, 0.3) is 11.5 Å². The number of nitrogens with zero attached hydrogens (tertiary/aromatic N) is 3. The molecule has 0 fully saturated rings. The number of imidazole rings is 1. The molecule has 7 nitrogen and oxygen atoms in total. The van der Waals surface area contributed by atoms with Gasteiger partial charge in [-0.05, 0) is 50.2 Å². The summed E-state index contributed by atoms with van der Waals surface area (Å²) in [6.07, 6.45) is 5.21. The highest BCUT2D eigenvalue weighted by Gasteiger charge is 2.14. The normalized spacial score (nSPS) is 11.7. The van der Waals surface area contributed by atoms with E-state index in [9.17, 15) is 8.42 Å². The van der Waals surface area contributed by atoms with E-state index in [-0.39, 0.29) is 17.5 Å². The largest absolute Gasteiger partial charge is 0.491 e. The first-order valence-electron chi connectivity index (χ1n) is 8.64. The quantitative estimate of drug-likeness (QED) is 0.643. The maximum atomic E-state index is 12.5. The van der Waals surface area contributed by atoms with Crippen molar-refractivity contribution in [3.05, 3.63) is 61.1 Å². The van der Waals surface area contributed by atoms with Crippen LogP contribution in [0.4, 0.5) is 0 Å². The number of hydrogen-bond acceptors (Lipinski definition) is 5. The maximum Gasteiger partial charge on any atom is 0.240 e. The molecule has 0 aliphatic rings. The van der Waals surface area contributed by atoms with Crippen LogP contribution >= 0.6 is 0 Å². The summed E-state index contributed by atoms with van der Waals surface area (Å²) in [5.74, 6) is 1.34. The third-order valence-electron chi connectivity index (χ3n) is 3.76. The Hall–Kier alpha value is -2.71. The van der Waals surface area contributed by atoms with Gasteiger partial charge in [-0.15, -0.1) is 0 Å². The fraction of sp³-hybridized carbons (Fsp3) is 0.263. The summed E-state index contributed by atoms with van der Waals surface area (Å²) >= 11 is 0. The van der Waals surface area contributed by atoms with E-state index < -0.39 is 10.0 Å². The predicted molar refractivity (Wildman–Crippen MR) is 103 cm³/mol. The summed E-state index contributed by atoms with van der Waals surface area (Å²) < 4.78 is 34.9. The highest BCUT2D eigenvalue weighted by Crippen LogP contribution is 2.17. The zero-order valence-electron chi connectivity index (χ0n) is 15.2. The third-order valence-corrected chi connectivity index (χ3v) is 5.24. The van der Waals surface area contributed by atoms with E-state index in [1.165, 1.54) is 12.1 Å². The monoisotopic (exact) mass is 386 g/mol. The molecule has 3 aromatic rings. The van der Waals surface area contributed by atoms with E-state index >= 15 is 0 Å². The number of benzene rings is 1. The molecule has 0 spiro atoms. The predicted octanol–water partition coefficient (Wildman–Crippen LogP) is 2.71. The molecule has 8 heteroatoms. The van der Waals surface area contributed by atoms with Crippen LogP contribution < -0.4 is 9.46 Å². The first kappa shape index (κ1) is 19.1.